The van der Waals surface area contributed by atoms with Crippen molar-refractivity contribution in [3.63, 3.8) is 0 Å². The van der Waals surface area contributed by atoms with Crippen molar-refractivity contribution >= 4 is 11.6 Å². The first kappa shape index (κ1) is 5.63. The average Bonchev–Trinajstić information content (AvgIpc) is 1.77. The van der Waals surface area contributed by atoms with E-state index in [-0.39, 0.29) is 5.03 Å². The summed E-state index contributed by atoms with van der Waals surface area (Å²) in [5.74, 6) is 0. The van der Waals surface area contributed by atoms with Gasteiger partial charge in [-0.15, -0.1) is 0 Å². The van der Waals surface area contributed by atoms with Gasteiger partial charge in [0.2, 0.25) is 6.30 Å². The van der Waals surface area contributed by atoms with Gasteiger partial charge < -0.3 is 5.32 Å². The molecule has 0 aliphatic carbocycles. The maximum atomic E-state index is 12.2. The molecule has 1 rings (SSSR count). The third-order valence-corrected chi connectivity index (χ3v) is 1.15. The van der Waals surface area contributed by atoms with Crippen molar-refractivity contribution in [3.05, 3.63) is 23.4 Å². The molecule has 44 valence electrons. The highest BCUT2D eigenvalue weighted by molar-refractivity contribution is 6.30. The molecule has 1 atom stereocenters. The number of nitrogens with one attached hydrogen (secondary N) is 1. The summed E-state index contributed by atoms with van der Waals surface area (Å²) in [4.78, 5) is 0. The highest BCUT2D eigenvalue weighted by Gasteiger charge is 2.08. The summed E-state index contributed by atoms with van der Waals surface area (Å²) in [5, 5.41) is 2.59. The van der Waals surface area contributed by atoms with Crippen LogP contribution in [0.4, 0.5) is 4.39 Å². The first-order valence-corrected chi connectivity index (χ1v) is 2.61. The van der Waals surface area contributed by atoms with E-state index in [0.29, 0.717) is 0 Å². The summed E-state index contributed by atoms with van der Waals surface area (Å²) in [6.07, 6.45) is 3.47. The molecule has 1 aliphatic rings. The summed E-state index contributed by atoms with van der Waals surface area (Å²) < 4.78 is 12.2. The van der Waals surface area contributed by atoms with Gasteiger partial charge in [-0.2, -0.15) is 0 Å². The molecule has 1 heterocycles. The van der Waals surface area contributed by atoms with Gasteiger partial charge in [-0.3, -0.25) is 0 Å². The van der Waals surface area contributed by atoms with E-state index < -0.39 is 6.30 Å². The number of halogens is 2. The van der Waals surface area contributed by atoms with E-state index in [1.807, 2.05) is 0 Å². The Bertz CT molecular complexity index is 141. The Labute approximate surface area is 51.8 Å². The highest BCUT2D eigenvalue weighted by atomic mass is 35.5. The molecule has 1 unspecified atom stereocenters. The molecule has 8 heavy (non-hydrogen) atoms. The fourth-order valence-corrected chi connectivity index (χ4v) is 0.580. The zero-order valence-electron chi connectivity index (χ0n) is 4.07. The molecule has 0 aromatic carbocycles. The molecule has 3 heteroatoms. The summed E-state index contributed by atoms with van der Waals surface area (Å²) in [7, 11) is 0. The molecule has 0 saturated carbocycles. The van der Waals surface area contributed by atoms with E-state index in [1.54, 1.807) is 6.08 Å². The van der Waals surface area contributed by atoms with E-state index in [4.69, 9.17) is 11.6 Å². The number of hydrogen-bond donors (Lipinski definition) is 1. The molecule has 0 bridgehead atoms. The average molecular weight is 134 g/mol. The fourth-order valence-electron chi connectivity index (χ4n) is 0.444. The van der Waals surface area contributed by atoms with Crippen LogP contribution in [-0.4, -0.2) is 6.30 Å². The molecule has 0 saturated heterocycles. The van der Waals surface area contributed by atoms with Gasteiger partial charge in [0.25, 0.3) is 0 Å². The van der Waals surface area contributed by atoms with Gasteiger partial charge in [0.1, 0.15) is 0 Å². The monoisotopic (exact) mass is 133 g/mol. The second kappa shape index (κ2) is 2.18. The van der Waals surface area contributed by atoms with Gasteiger partial charge >= 0.3 is 0 Å². The third kappa shape index (κ3) is 1.01. The minimum atomic E-state index is -1.21. The molecule has 0 aromatic heterocycles. The maximum absolute atomic E-state index is 12.2. The van der Waals surface area contributed by atoms with Crippen LogP contribution in [0, 0.1) is 0 Å². The Morgan fingerprint density at radius 2 is 2.50 bits per heavy atom. The van der Waals surface area contributed by atoms with Crippen molar-refractivity contribution in [1.82, 2.24) is 5.32 Å². The number of dihydropyridines is 1. The standard InChI is InChI=1S/C5H5ClFN/c6-4-2-1-3-8-5(4)7/h1-3,5,8H. The van der Waals surface area contributed by atoms with Crippen LogP contribution >= 0.6 is 11.6 Å². The van der Waals surface area contributed by atoms with Crippen molar-refractivity contribution in [2.75, 3.05) is 0 Å². The van der Waals surface area contributed by atoms with Gasteiger partial charge in [-0.1, -0.05) is 11.6 Å². The Morgan fingerprint density at radius 1 is 1.75 bits per heavy atom. The number of allylic oxidation sites excluding steroid dienone is 2. The lowest BCUT2D eigenvalue weighted by Crippen LogP contribution is -2.20. The van der Waals surface area contributed by atoms with Crippen molar-refractivity contribution in [2.24, 2.45) is 0 Å². The molecule has 1 aliphatic heterocycles. The largest absolute Gasteiger partial charge is 0.358 e. The Kier molecular flexibility index (Phi) is 1.53. The Balaban J connectivity index is 2.66. The SMILES string of the molecule is FC1NC=CC=C1Cl. The van der Waals surface area contributed by atoms with Crippen LogP contribution in [0.3, 0.4) is 0 Å². The predicted molar refractivity (Wildman–Crippen MR) is 31.1 cm³/mol. The number of hydrogen-bond acceptors (Lipinski definition) is 1. The molecular formula is C5H5ClFN. The van der Waals surface area contributed by atoms with Crippen LogP contribution in [0.15, 0.2) is 23.4 Å². The Morgan fingerprint density at radius 3 is 2.88 bits per heavy atom. The van der Waals surface area contributed by atoms with Crippen LogP contribution in [0.5, 0.6) is 0 Å². The Hall–Kier alpha value is -0.500. The number of rotatable bonds is 0. The van der Waals surface area contributed by atoms with Gasteiger partial charge in [0.05, 0.1) is 5.03 Å². The van der Waals surface area contributed by atoms with Gasteiger partial charge in [-0.25, -0.2) is 4.39 Å². The van der Waals surface area contributed by atoms with Crippen molar-refractivity contribution < 1.29 is 4.39 Å². The molecule has 1 N–H and O–H groups in total. The zero-order valence-corrected chi connectivity index (χ0v) is 4.82. The van der Waals surface area contributed by atoms with Crippen LogP contribution in [-0.2, 0) is 0 Å². The van der Waals surface area contributed by atoms with Crippen molar-refractivity contribution in [3.8, 4) is 0 Å². The smallest absolute Gasteiger partial charge is 0.206 e. The fraction of sp³-hybridized carbons (Fsp3) is 0.200. The van der Waals surface area contributed by atoms with Gasteiger partial charge in [0.15, 0.2) is 0 Å². The maximum Gasteiger partial charge on any atom is 0.206 e. The minimum Gasteiger partial charge on any atom is -0.358 e. The molecule has 1 nitrogen and oxygen atoms in total. The third-order valence-electron chi connectivity index (χ3n) is 0.836. The van der Waals surface area contributed by atoms with Crippen molar-refractivity contribution in [1.29, 1.82) is 0 Å². The summed E-state index contributed by atoms with van der Waals surface area (Å²) in [6, 6.07) is 0. The lowest BCUT2D eigenvalue weighted by atomic mass is 10.4. The highest BCUT2D eigenvalue weighted by Crippen LogP contribution is 2.11. The molecule has 0 fully saturated rings. The van der Waals surface area contributed by atoms with E-state index in [9.17, 15) is 4.39 Å². The molecule has 0 amide bonds. The first-order valence-electron chi connectivity index (χ1n) is 2.23. The predicted octanol–water partition coefficient (Wildman–Crippen LogP) is 1.52. The second-order valence-corrected chi connectivity index (χ2v) is 1.88. The van der Waals surface area contributed by atoms with Gasteiger partial charge in [0, 0.05) is 0 Å². The second-order valence-electron chi connectivity index (χ2n) is 1.44. The molecule has 0 spiro atoms. The quantitative estimate of drug-likeness (QED) is 0.494. The normalized spacial score (nSPS) is 26.8. The van der Waals surface area contributed by atoms with Crippen LogP contribution in [0.1, 0.15) is 0 Å². The summed E-state index contributed by atoms with van der Waals surface area (Å²) in [6.45, 7) is 0. The van der Waals surface area contributed by atoms with E-state index >= 15 is 0 Å². The molecule has 0 radical (unpaired) electrons. The summed E-state index contributed by atoms with van der Waals surface area (Å²) >= 11 is 5.34. The van der Waals surface area contributed by atoms with Crippen molar-refractivity contribution in [2.45, 2.75) is 6.30 Å². The van der Waals surface area contributed by atoms with Gasteiger partial charge in [-0.05, 0) is 18.4 Å². The van der Waals surface area contributed by atoms with E-state index in [2.05, 4.69) is 5.32 Å². The molecular weight excluding hydrogens is 129 g/mol. The minimum absolute atomic E-state index is 0.201. The topological polar surface area (TPSA) is 12.0 Å². The lowest BCUT2D eigenvalue weighted by Gasteiger charge is -2.08. The zero-order chi connectivity index (χ0) is 5.98. The van der Waals surface area contributed by atoms with Crippen LogP contribution in [0.25, 0.3) is 0 Å². The van der Waals surface area contributed by atoms with E-state index in [0.717, 1.165) is 0 Å². The first-order chi connectivity index (χ1) is 3.80. The molecule has 0 aromatic rings. The van der Waals surface area contributed by atoms with E-state index in [1.165, 1.54) is 12.3 Å². The summed E-state index contributed by atoms with van der Waals surface area (Å²) in [5.41, 5.74) is 0. The van der Waals surface area contributed by atoms with Crippen LogP contribution < -0.4 is 5.32 Å². The van der Waals surface area contributed by atoms with Crippen LogP contribution in [0.2, 0.25) is 0 Å². The lowest BCUT2D eigenvalue weighted by molar-refractivity contribution is 0.358. The number of alkyl halides is 1.